The topological polar surface area (TPSA) is 59.8 Å². The number of nitrogens with zero attached hydrogens (tertiary/aromatic N) is 1. The Kier molecular flexibility index (Phi) is 6.24. The highest BCUT2D eigenvalue weighted by molar-refractivity contribution is 8.27. The number of thiocarbonyl (C=S) groups is 1. The van der Waals surface area contributed by atoms with Crippen LogP contribution in [0.1, 0.15) is 27.2 Å². The molecule has 32 heavy (non-hydrogen) atoms. The van der Waals surface area contributed by atoms with Gasteiger partial charge >= 0.3 is 5.97 Å². The Hall–Kier alpha value is -2.87. The molecule has 0 spiro atoms. The summed E-state index contributed by atoms with van der Waals surface area (Å²) in [5, 5.41) is 0.294. The van der Waals surface area contributed by atoms with E-state index in [0.717, 1.165) is 16.8 Å². The van der Waals surface area contributed by atoms with Crippen molar-refractivity contribution in [3.63, 3.8) is 0 Å². The SMILES string of the molecule is COC(=O)c1cc(-c2ccc(/C=C3\SC(=S)N(c4ccc(C)cc4C)C3=O)o2)ccc1Cl. The van der Waals surface area contributed by atoms with Crippen LogP contribution in [0.25, 0.3) is 17.4 Å². The summed E-state index contributed by atoms with van der Waals surface area (Å²) in [6, 6.07) is 14.4. The molecule has 0 saturated carbocycles. The number of aryl methyl sites for hydroxylation is 2. The van der Waals surface area contributed by atoms with Crippen LogP contribution in [0.3, 0.4) is 0 Å². The minimum absolute atomic E-state index is 0.190. The molecule has 2 heterocycles. The highest BCUT2D eigenvalue weighted by atomic mass is 35.5. The fourth-order valence-corrected chi connectivity index (χ4v) is 4.85. The molecule has 5 nitrogen and oxygen atoms in total. The van der Waals surface area contributed by atoms with Gasteiger partial charge in [0.2, 0.25) is 0 Å². The van der Waals surface area contributed by atoms with Crippen LogP contribution < -0.4 is 4.90 Å². The van der Waals surface area contributed by atoms with Crippen molar-refractivity contribution in [3.8, 4) is 11.3 Å². The number of hydrogen-bond donors (Lipinski definition) is 0. The minimum atomic E-state index is -0.529. The lowest BCUT2D eigenvalue weighted by Crippen LogP contribution is -2.28. The molecule has 1 aliphatic heterocycles. The Labute approximate surface area is 200 Å². The van der Waals surface area contributed by atoms with Gasteiger partial charge in [0.05, 0.1) is 28.3 Å². The number of benzene rings is 2. The molecule has 8 heteroatoms. The van der Waals surface area contributed by atoms with Gasteiger partial charge in [-0.2, -0.15) is 0 Å². The van der Waals surface area contributed by atoms with E-state index in [9.17, 15) is 9.59 Å². The smallest absolute Gasteiger partial charge is 0.339 e. The largest absolute Gasteiger partial charge is 0.465 e. The predicted molar refractivity (Wildman–Crippen MR) is 132 cm³/mol. The molecule has 0 radical (unpaired) electrons. The molecule has 0 unspecified atom stereocenters. The molecule has 0 bridgehead atoms. The number of rotatable bonds is 4. The minimum Gasteiger partial charge on any atom is -0.465 e. The number of methoxy groups -OCH3 is 1. The number of furan rings is 1. The number of amides is 1. The molecule has 1 fully saturated rings. The summed E-state index contributed by atoms with van der Waals surface area (Å²) in [6.07, 6.45) is 1.67. The van der Waals surface area contributed by atoms with Gasteiger partial charge in [-0.05, 0) is 55.8 Å². The molecule has 3 aromatic rings. The van der Waals surface area contributed by atoms with Crippen LogP contribution in [-0.2, 0) is 9.53 Å². The number of carbonyl (C=O) groups is 2. The van der Waals surface area contributed by atoms with Crippen LogP contribution in [0.15, 0.2) is 57.9 Å². The van der Waals surface area contributed by atoms with Gasteiger partial charge in [-0.15, -0.1) is 0 Å². The lowest BCUT2D eigenvalue weighted by molar-refractivity contribution is -0.113. The summed E-state index contributed by atoms with van der Waals surface area (Å²) in [5.41, 5.74) is 3.79. The van der Waals surface area contributed by atoms with Crippen LogP contribution in [0, 0.1) is 13.8 Å². The number of hydrogen-bond acceptors (Lipinski definition) is 6. The van der Waals surface area contributed by atoms with E-state index >= 15 is 0 Å². The zero-order valence-corrected chi connectivity index (χ0v) is 19.9. The molecular weight excluding hydrogens is 466 g/mol. The molecule has 0 N–H and O–H groups in total. The van der Waals surface area contributed by atoms with Gasteiger partial charge in [0.1, 0.15) is 11.5 Å². The molecule has 162 valence electrons. The van der Waals surface area contributed by atoms with Gasteiger partial charge in [-0.25, -0.2) is 4.79 Å². The monoisotopic (exact) mass is 483 g/mol. The third-order valence-electron chi connectivity index (χ3n) is 4.94. The Balaban J connectivity index is 1.62. The first-order valence-corrected chi connectivity index (χ1v) is 11.2. The first-order chi connectivity index (χ1) is 15.3. The Morgan fingerprint density at radius 2 is 1.94 bits per heavy atom. The standard InChI is InChI=1S/C24H18ClNO4S2/c1-13-4-8-19(14(2)10-13)26-22(27)21(32-24(26)31)12-16-6-9-20(30-16)15-5-7-18(25)17(11-15)23(28)29-3/h4-12H,1-3H3/b21-12-. The van der Waals surface area contributed by atoms with Crippen LogP contribution in [0.2, 0.25) is 5.02 Å². The van der Waals surface area contributed by atoms with Crippen molar-refractivity contribution in [3.05, 3.63) is 80.9 Å². The van der Waals surface area contributed by atoms with Crippen molar-refractivity contribution in [2.45, 2.75) is 13.8 Å². The summed E-state index contributed by atoms with van der Waals surface area (Å²) in [6.45, 7) is 3.96. The van der Waals surface area contributed by atoms with Crippen molar-refractivity contribution < 1.29 is 18.7 Å². The fourth-order valence-electron chi connectivity index (χ4n) is 3.39. The lowest BCUT2D eigenvalue weighted by Gasteiger charge is -2.17. The highest BCUT2D eigenvalue weighted by Crippen LogP contribution is 2.38. The quantitative estimate of drug-likeness (QED) is 0.243. The summed E-state index contributed by atoms with van der Waals surface area (Å²) >= 11 is 12.8. The molecule has 1 aliphatic rings. The van der Waals surface area contributed by atoms with Gasteiger partial charge in [0.15, 0.2) is 4.32 Å². The average Bonchev–Trinajstić information content (AvgIpc) is 3.33. The second kappa shape index (κ2) is 8.94. The predicted octanol–water partition coefficient (Wildman–Crippen LogP) is 6.41. The Morgan fingerprint density at radius 1 is 1.16 bits per heavy atom. The normalized spacial score (nSPS) is 15.0. The number of carbonyl (C=O) groups excluding carboxylic acids is 2. The summed E-state index contributed by atoms with van der Waals surface area (Å²) in [4.78, 5) is 27.0. The van der Waals surface area contributed by atoms with E-state index in [0.29, 0.717) is 31.3 Å². The van der Waals surface area contributed by atoms with Crippen molar-refractivity contribution >= 4 is 63.5 Å². The van der Waals surface area contributed by atoms with Crippen molar-refractivity contribution in [1.29, 1.82) is 0 Å². The molecule has 4 rings (SSSR count). The molecule has 0 aliphatic carbocycles. The lowest BCUT2D eigenvalue weighted by atomic mass is 10.1. The van der Waals surface area contributed by atoms with Crippen LogP contribution in [-0.4, -0.2) is 23.3 Å². The number of halogens is 1. The Bertz CT molecular complexity index is 1290. The number of thioether (sulfide) groups is 1. The second-order valence-corrected chi connectivity index (χ2v) is 9.28. The maximum Gasteiger partial charge on any atom is 0.339 e. The molecule has 1 aromatic heterocycles. The van der Waals surface area contributed by atoms with Gasteiger partial charge < -0.3 is 9.15 Å². The van der Waals surface area contributed by atoms with E-state index in [1.54, 1.807) is 41.3 Å². The highest BCUT2D eigenvalue weighted by Gasteiger charge is 2.34. The molecular formula is C24H18ClNO4S2. The number of ether oxygens (including phenoxy) is 1. The number of esters is 1. The van der Waals surface area contributed by atoms with Crippen LogP contribution >= 0.6 is 35.6 Å². The van der Waals surface area contributed by atoms with Crippen molar-refractivity contribution in [2.75, 3.05) is 12.0 Å². The van der Waals surface area contributed by atoms with E-state index < -0.39 is 5.97 Å². The van der Waals surface area contributed by atoms with Gasteiger partial charge in [0.25, 0.3) is 5.91 Å². The van der Waals surface area contributed by atoms with E-state index in [2.05, 4.69) is 0 Å². The zero-order valence-electron chi connectivity index (χ0n) is 17.5. The van der Waals surface area contributed by atoms with E-state index in [-0.39, 0.29) is 11.5 Å². The second-order valence-electron chi connectivity index (χ2n) is 7.20. The average molecular weight is 484 g/mol. The maximum atomic E-state index is 13.1. The van der Waals surface area contributed by atoms with E-state index in [1.165, 1.54) is 18.9 Å². The van der Waals surface area contributed by atoms with Crippen molar-refractivity contribution in [2.24, 2.45) is 0 Å². The summed E-state index contributed by atoms with van der Waals surface area (Å²) < 4.78 is 11.1. The first-order valence-electron chi connectivity index (χ1n) is 9.62. The third-order valence-corrected chi connectivity index (χ3v) is 6.57. The fraction of sp³-hybridized carbons (Fsp3) is 0.125. The van der Waals surface area contributed by atoms with E-state index in [1.807, 2.05) is 32.0 Å². The number of anilines is 1. The Morgan fingerprint density at radius 3 is 2.66 bits per heavy atom. The maximum absolute atomic E-state index is 13.1. The van der Waals surface area contributed by atoms with Gasteiger partial charge in [0, 0.05) is 11.6 Å². The van der Waals surface area contributed by atoms with Gasteiger partial charge in [-0.3, -0.25) is 9.69 Å². The van der Waals surface area contributed by atoms with E-state index in [4.69, 9.17) is 33.0 Å². The van der Waals surface area contributed by atoms with Crippen LogP contribution in [0.5, 0.6) is 0 Å². The first kappa shape index (κ1) is 22.3. The van der Waals surface area contributed by atoms with Crippen LogP contribution in [0.4, 0.5) is 5.69 Å². The van der Waals surface area contributed by atoms with Gasteiger partial charge in [-0.1, -0.05) is 53.3 Å². The third kappa shape index (κ3) is 4.24. The zero-order chi connectivity index (χ0) is 23.0. The molecule has 1 amide bonds. The van der Waals surface area contributed by atoms with Crippen molar-refractivity contribution in [1.82, 2.24) is 0 Å². The summed E-state index contributed by atoms with van der Waals surface area (Å²) in [5.74, 6) is 0.307. The molecule has 2 aromatic carbocycles. The summed E-state index contributed by atoms with van der Waals surface area (Å²) in [7, 11) is 1.30. The molecule has 0 atom stereocenters. The molecule has 1 saturated heterocycles.